The number of carbonyl (C=O) groups is 2. The van der Waals surface area contributed by atoms with E-state index >= 15 is 0 Å². The highest BCUT2D eigenvalue weighted by molar-refractivity contribution is 5.76. The lowest BCUT2D eigenvalue weighted by Gasteiger charge is -2.20. The van der Waals surface area contributed by atoms with Gasteiger partial charge in [0.05, 0.1) is 20.8 Å². The van der Waals surface area contributed by atoms with E-state index in [4.69, 9.17) is 14.2 Å². The number of rotatable bonds is 12. The van der Waals surface area contributed by atoms with E-state index in [-0.39, 0.29) is 11.9 Å². The van der Waals surface area contributed by atoms with Gasteiger partial charge in [-0.25, -0.2) is 4.79 Å². The molecule has 1 aromatic carbocycles. The van der Waals surface area contributed by atoms with Crippen LogP contribution in [0.25, 0.3) is 0 Å². The zero-order valence-electron chi connectivity index (χ0n) is 19.6. The third kappa shape index (κ3) is 7.76. The van der Waals surface area contributed by atoms with Gasteiger partial charge in [0.2, 0.25) is 5.91 Å². The van der Waals surface area contributed by atoms with Gasteiger partial charge < -0.3 is 24.8 Å². The Kier molecular flexibility index (Phi) is 11.1. The molecule has 0 saturated carbocycles. The molecule has 1 rings (SSSR count). The highest BCUT2D eigenvalue weighted by Crippen LogP contribution is 2.38. The first-order valence-electron chi connectivity index (χ1n) is 10.6. The Morgan fingerprint density at radius 1 is 0.900 bits per heavy atom. The van der Waals surface area contributed by atoms with Crippen molar-refractivity contribution in [2.45, 2.75) is 72.8 Å². The van der Waals surface area contributed by atoms with E-state index in [0.29, 0.717) is 26.0 Å². The van der Waals surface area contributed by atoms with Crippen LogP contribution in [-0.2, 0) is 16.0 Å². The van der Waals surface area contributed by atoms with Crippen molar-refractivity contribution in [2.75, 3.05) is 27.4 Å². The van der Waals surface area contributed by atoms with Gasteiger partial charge in [0.15, 0.2) is 0 Å². The van der Waals surface area contributed by atoms with E-state index in [0.717, 1.165) is 53.0 Å². The third-order valence-electron chi connectivity index (χ3n) is 5.07. The van der Waals surface area contributed by atoms with Gasteiger partial charge in [-0.15, -0.1) is 0 Å². The quantitative estimate of drug-likeness (QED) is 0.498. The van der Waals surface area contributed by atoms with Crippen LogP contribution in [0.1, 0.15) is 61.8 Å². The normalized spacial score (nSPS) is 10.7. The van der Waals surface area contributed by atoms with Crippen molar-refractivity contribution in [3.63, 3.8) is 0 Å². The summed E-state index contributed by atoms with van der Waals surface area (Å²) in [5.74, 6) is 1.79. The van der Waals surface area contributed by atoms with Gasteiger partial charge >= 0.3 is 6.09 Å². The fourth-order valence-electron chi connectivity index (χ4n) is 3.50. The molecule has 0 spiro atoms. The topological polar surface area (TPSA) is 85.9 Å². The molecule has 30 heavy (non-hydrogen) atoms. The molecule has 0 fully saturated rings. The summed E-state index contributed by atoms with van der Waals surface area (Å²) in [7, 11) is 3.35. The molecule has 0 saturated heterocycles. The van der Waals surface area contributed by atoms with Crippen LogP contribution in [0, 0.1) is 20.8 Å². The Morgan fingerprint density at radius 3 is 2.13 bits per heavy atom. The maximum absolute atomic E-state index is 11.8. The molecule has 2 amide bonds. The first-order chi connectivity index (χ1) is 14.2. The maximum Gasteiger partial charge on any atom is 0.407 e. The molecule has 0 aliphatic rings. The maximum atomic E-state index is 11.8. The average Bonchev–Trinajstić information content (AvgIpc) is 2.68. The second-order valence-electron chi connectivity index (χ2n) is 7.77. The number of carbonyl (C=O) groups excluding carboxylic acids is 2. The van der Waals surface area contributed by atoms with Crippen molar-refractivity contribution in [2.24, 2.45) is 0 Å². The Hall–Kier alpha value is -2.44. The zero-order valence-corrected chi connectivity index (χ0v) is 19.6. The SMILES string of the molecule is COc1c(C)c(C)c(OC)c(CCCOC(=O)NCCCCC(=O)NC(C)C)c1C. The predicted octanol–water partition coefficient (Wildman–Crippen LogP) is 3.98. The Bertz CT molecular complexity index is 716. The molecule has 0 aliphatic heterocycles. The number of alkyl carbamates (subject to hydrolysis) is 1. The van der Waals surface area contributed by atoms with Crippen LogP contribution in [0.5, 0.6) is 11.5 Å². The van der Waals surface area contributed by atoms with Gasteiger partial charge in [0.1, 0.15) is 11.5 Å². The van der Waals surface area contributed by atoms with E-state index in [2.05, 4.69) is 10.6 Å². The molecule has 0 radical (unpaired) electrons. The fourth-order valence-corrected chi connectivity index (χ4v) is 3.50. The molecule has 1 aromatic rings. The summed E-state index contributed by atoms with van der Waals surface area (Å²) in [6.45, 7) is 10.8. The molecule has 0 bridgehead atoms. The number of benzene rings is 1. The van der Waals surface area contributed by atoms with E-state index in [9.17, 15) is 9.59 Å². The van der Waals surface area contributed by atoms with Gasteiger partial charge in [-0.2, -0.15) is 0 Å². The highest BCUT2D eigenvalue weighted by atomic mass is 16.5. The molecule has 7 heteroatoms. The van der Waals surface area contributed by atoms with Gasteiger partial charge in [-0.05, 0) is 77.0 Å². The first kappa shape index (κ1) is 25.6. The summed E-state index contributed by atoms with van der Waals surface area (Å²) in [5, 5.41) is 5.58. The van der Waals surface area contributed by atoms with E-state index in [1.807, 2.05) is 34.6 Å². The summed E-state index contributed by atoms with van der Waals surface area (Å²) in [5.41, 5.74) is 4.29. The molecular formula is C23H38N2O5. The molecule has 0 aliphatic carbocycles. The van der Waals surface area contributed by atoms with Crippen molar-refractivity contribution in [3.05, 3.63) is 22.3 Å². The smallest absolute Gasteiger partial charge is 0.407 e. The van der Waals surface area contributed by atoms with Crippen molar-refractivity contribution < 1.29 is 23.8 Å². The average molecular weight is 423 g/mol. The van der Waals surface area contributed by atoms with Crippen LogP contribution in [0.15, 0.2) is 0 Å². The van der Waals surface area contributed by atoms with Crippen LogP contribution in [0.3, 0.4) is 0 Å². The standard InChI is InChI=1S/C23H38N2O5/c1-15(2)25-20(26)12-8-9-13-24-23(27)30-14-10-11-19-18(5)21(28-6)16(3)17(4)22(19)29-7/h15H,8-14H2,1-7H3,(H,24,27)(H,25,26). The summed E-state index contributed by atoms with van der Waals surface area (Å²) >= 11 is 0. The monoisotopic (exact) mass is 422 g/mol. The molecule has 7 nitrogen and oxygen atoms in total. The highest BCUT2D eigenvalue weighted by Gasteiger charge is 2.18. The first-order valence-corrected chi connectivity index (χ1v) is 10.6. The van der Waals surface area contributed by atoms with Gasteiger partial charge in [0, 0.05) is 24.6 Å². The number of amides is 2. The van der Waals surface area contributed by atoms with Gasteiger partial charge in [0.25, 0.3) is 0 Å². The Labute approximate surface area is 180 Å². The Morgan fingerprint density at radius 2 is 1.53 bits per heavy atom. The number of unbranched alkanes of at least 4 members (excludes halogenated alkanes) is 1. The van der Waals surface area contributed by atoms with Crippen molar-refractivity contribution in [1.29, 1.82) is 0 Å². The summed E-state index contributed by atoms with van der Waals surface area (Å²) < 4.78 is 16.5. The molecule has 2 N–H and O–H groups in total. The lowest BCUT2D eigenvalue weighted by atomic mass is 9.94. The second-order valence-corrected chi connectivity index (χ2v) is 7.77. The molecule has 0 unspecified atom stereocenters. The number of nitrogens with one attached hydrogen (secondary N) is 2. The van der Waals surface area contributed by atoms with Crippen LogP contribution < -0.4 is 20.1 Å². The lowest BCUT2D eigenvalue weighted by molar-refractivity contribution is -0.121. The van der Waals surface area contributed by atoms with Crippen molar-refractivity contribution in [1.82, 2.24) is 10.6 Å². The largest absolute Gasteiger partial charge is 0.496 e. The number of hydrogen-bond acceptors (Lipinski definition) is 5. The molecular weight excluding hydrogens is 384 g/mol. The zero-order chi connectivity index (χ0) is 22.7. The summed E-state index contributed by atoms with van der Waals surface area (Å²) in [6, 6.07) is 0.152. The van der Waals surface area contributed by atoms with Crippen LogP contribution in [0.4, 0.5) is 4.79 Å². The van der Waals surface area contributed by atoms with Crippen molar-refractivity contribution in [3.8, 4) is 11.5 Å². The minimum absolute atomic E-state index is 0.0428. The fraction of sp³-hybridized carbons (Fsp3) is 0.652. The van der Waals surface area contributed by atoms with Crippen LogP contribution >= 0.6 is 0 Å². The number of ether oxygens (including phenoxy) is 3. The molecule has 170 valence electrons. The minimum Gasteiger partial charge on any atom is -0.496 e. The van der Waals surface area contributed by atoms with E-state index in [1.165, 1.54) is 0 Å². The lowest BCUT2D eigenvalue weighted by Crippen LogP contribution is -2.30. The minimum atomic E-state index is -0.428. The van der Waals surface area contributed by atoms with Gasteiger partial charge in [-0.1, -0.05) is 0 Å². The second kappa shape index (κ2) is 13.0. The van der Waals surface area contributed by atoms with E-state index < -0.39 is 6.09 Å². The summed E-state index contributed by atoms with van der Waals surface area (Å²) in [6.07, 6.45) is 2.92. The molecule has 0 aromatic heterocycles. The predicted molar refractivity (Wildman–Crippen MR) is 119 cm³/mol. The van der Waals surface area contributed by atoms with Crippen molar-refractivity contribution >= 4 is 12.0 Å². The molecule has 0 atom stereocenters. The Balaban J connectivity index is 2.38. The number of methoxy groups -OCH3 is 2. The van der Waals surface area contributed by atoms with Crippen LogP contribution in [0.2, 0.25) is 0 Å². The van der Waals surface area contributed by atoms with E-state index in [1.54, 1.807) is 14.2 Å². The molecule has 0 heterocycles. The number of hydrogen-bond donors (Lipinski definition) is 2. The third-order valence-corrected chi connectivity index (χ3v) is 5.07. The summed E-state index contributed by atoms with van der Waals surface area (Å²) in [4.78, 5) is 23.4. The van der Waals surface area contributed by atoms with Crippen LogP contribution in [-0.4, -0.2) is 45.4 Å². The van der Waals surface area contributed by atoms with Gasteiger partial charge in [-0.3, -0.25) is 4.79 Å².